The van der Waals surface area contributed by atoms with Crippen LogP contribution in [0.15, 0.2) is 12.1 Å². The van der Waals surface area contributed by atoms with Crippen LogP contribution in [0.2, 0.25) is 4.34 Å². The first-order valence-corrected chi connectivity index (χ1v) is 6.73. The predicted octanol–water partition coefficient (Wildman–Crippen LogP) is 2.11. The van der Waals surface area contributed by atoms with Crippen LogP contribution in [0, 0.1) is 0 Å². The largest absolute Gasteiger partial charge is 0.480 e. The van der Waals surface area contributed by atoms with Crippen LogP contribution in [0.25, 0.3) is 0 Å². The molecule has 1 heterocycles. The van der Waals surface area contributed by atoms with Crippen LogP contribution >= 0.6 is 22.9 Å². The van der Waals surface area contributed by atoms with Crippen LogP contribution in [0.5, 0.6) is 0 Å². The lowest BCUT2D eigenvalue weighted by Crippen LogP contribution is -2.46. The minimum absolute atomic E-state index is 0.350. The Bertz CT molecular complexity index is 422. The molecule has 7 heteroatoms. The second-order valence-electron chi connectivity index (χ2n) is 3.66. The summed E-state index contributed by atoms with van der Waals surface area (Å²) in [6.07, 6.45) is 1.03. The SMILES string of the molecule is CC[C@@H](NC(=O)NCCc1ccc(Cl)s1)C(=O)O. The molecule has 0 saturated heterocycles. The Kier molecular flexibility index (Phi) is 5.94. The van der Waals surface area contributed by atoms with E-state index in [9.17, 15) is 9.59 Å². The van der Waals surface area contributed by atoms with Gasteiger partial charge < -0.3 is 15.7 Å². The number of amides is 2. The number of thiophene rings is 1. The fourth-order valence-electron chi connectivity index (χ4n) is 1.33. The molecule has 0 fully saturated rings. The van der Waals surface area contributed by atoms with Crippen LogP contribution < -0.4 is 10.6 Å². The van der Waals surface area contributed by atoms with E-state index < -0.39 is 18.0 Å². The molecule has 3 N–H and O–H groups in total. The third-order valence-corrected chi connectivity index (χ3v) is 3.59. The molecule has 5 nitrogen and oxygen atoms in total. The number of rotatable bonds is 6. The molecule has 0 aliphatic heterocycles. The van der Waals surface area contributed by atoms with Gasteiger partial charge >= 0.3 is 12.0 Å². The molecule has 1 aromatic rings. The summed E-state index contributed by atoms with van der Waals surface area (Å²) in [5.74, 6) is -1.03. The maximum Gasteiger partial charge on any atom is 0.326 e. The third-order valence-electron chi connectivity index (χ3n) is 2.30. The zero-order valence-corrected chi connectivity index (χ0v) is 11.5. The Morgan fingerprint density at radius 2 is 2.22 bits per heavy atom. The highest BCUT2D eigenvalue weighted by Gasteiger charge is 2.16. The summed E-state index contributed by atoms with van der Waals surface area (Å²) in [6.45, 7) is 2.14. The van der Waals surface area contributed by atoms with Crippen molar-refractivity contribution in [3.63, 3.8) is 0 Å². The maximum atomic E-state index is 11.4. The van der Waals surface area contributed by atoms with E-state index in [2.05, 4.69) is 10.6 Å². The van der Waals surface area contributed by atoms with Crippen molar-refractivity contribution < 1.29 is 14.7 Å². The van der Waals surface area contributed by atoms with E-state index in [0.29, 0.717) is 23.7 Å². The molecule has 0 aliphatic rings. The number of carbonyl (C=O) groups is 2. The number of carboxylic acids is 1. The highest BCUT2D eigenvalue weighted by atomic mass is 35.5. The van der Waals surface area contributed by atoms with E-state index in [-0.39, 0.29) is 0 Å². The maximum absolute atomic E-state index is 11.4. The highest BCUT2D eigenvalue weighted by molar-refractivity contribution is 7.16. The van der Waals surface area contributed by atoms with Crippen LogP contribution in [0.3, 0.4) is 0 Å². The average molecular weight is 291 g/mol. The number of nitrogens with one attached hydrogen (secondary N) is 2. The molecule has 1 aromatic heterocycles. The Morgan fingerprint density at radius 3 is 2.72 bits per heavy atom. The molecule has 0 unspecified atom stereocenters. The molecule has 1 atom stereocenters. The lowest BCUT2D eigenvalue weighted by molar-refractivity contribution is -0.139. The molecule has 0 radical (unpaired) electrons. The first kappa shape index (κ1) is 14.8. The van der Waals surface area contributed by atoms with Crippen molar-refractivity contribution in [2.24, 2.45) is 0 Å². The number of hydrogen-bond donors (Lipinski definition) is 3. The summed E-state index contributed by atoms with van der Waals surface area (Å²) in [5.41, 5.74) is 0. The second kappa shape index (κ2) is 7.23. The van der Waals surface area contributed by atoms with Crippen LogP contribution in [-0.4, -0.2) is 29.7 Å². The number of aliphatic carboxylic acids is 1. The number of carboxylic acid groups (broad SMARTS) is 1. The van der Waals surface area contributed by atoms with Gasteiger partial charge in [0.1, 0.15) is 6.04 Å². The van der Waals surface area contributed by atoms with Crippen LogP contribution in [-0.2, 0) is 11.2 Å². The average Bonchev–Trinajstić information content (AvgIpc) is 2.71. The van der Waals surface area contributed by atoms with Crippen molar-refractivity contribution in [1.82, 2.24) is 10.6 Å². The van der Waals surface area contributed by atoms with Crippen LogP contribution in [0.4, 0.5) is 4.79 Å². The molecule has 0 aromatic carbocycles. The van der Waals surface area contributed by atoms with E-state index in [4.69, 9.17) is 16.7 Å². The fourth-order valence-corrected chi connectivity index (χ4v) is 2.42. The van der Waals surface area contributed by atoms with Gasteiger partial charge in [-0.25, -0.2) is 9.59 Å². The number of carbonyl (C=O) groups excluding carboxylic acids is 1. The van der Waals surface area contributed by atoms with Gasteiger partial charge in [0, 0.05) is 11.4 Å². The molecule has 0 bridgehead atoms. The number of halogens is 1. The van der Waals surface area contributed by atoms with Gasteiger partial charge in [0.2, 0.25) is 0 Å². The van der Waals surface area contributed by atoms with E-state index in [1.807, 2.05) is 6.07 Å². The Morgan fingerprint density at radius 1 is 1.50 bits per heavy atom. The summed E-state index contributed by atoms with van der Waals surface area (Å²) in [5, 5.41) is 13.8. The molecule has 0 saturated carbocycles. The Hall–Kier alpha value is -1.27. The predicted molar refractivity (Wildman–Crippen MR) is 71.3 cm³/mol. The minimum Gasteiger partial charge on any atom is -0.480 e. The van der Waals surface area contributed by atoms with Crippen molar-refractivity contribution >= 4 is 34.9 Å². The van der Waals surface area contributed by atoms with E-state index in [1.54, 1.807) is 13.0 Å². The molecule has 2 amide bonds. The number of hydrogen-bond acceptors (Lipinski definition) is 3. The zero-order valence-electron chi connectivity index (χ0n) is 9.90. The fraction of sp³-hybridized carbons (Fsp3) is 0.455. The summed E-state index contributed by atoms with van der Waals surface area (Å²) < 4.78 is 0.714. The number of urea groups is 1. The van der Waals surface area contributed by atoms with Gasteiger partial charge in [-0.15, -0.1) is 11.3 Å². The van der Waals surface area contributed by atoms with Crippen LogP contribution in [0.1, 0.15) is 18.2 Å². The van der Waals surface area contributed by atoms with Gasteiger partial charge in [0.15, 0.2) is 0 Å². The summed E-state index contributed by atoms with van der Waals surface area (Å²) in [4.78, 5) is 23.2. The summed E-state index contributed by atoms with van der Waals surface area (Å²) >= 11 is 7.24. The molecule has 1 rings (SSSR count). The standard InChI is InChI=1S/C11H15ClN2O3S/c1-2-8(10(15)16)14-11(17)13-6-5-7-3-4-9(12)18-7/h3-4,8H,2,5-6H2,1H3,(H,15,16)(H2,13,14,17)/t8-/m1/s1. The summed E-state index contributed by atoms with van der Waals surface area (Å²) in [6, 6.07) is 2.39. The first-order chi connectivity index (χ1) is 8.52. The smallest absolute Gasteiger partial charge is 0.326 e. The first-order valence-electron chi connectivity index (χ1n) is 5.54. The normalized spacial score (nSPS) is 11.9. The van der Waals surface area contributed by atoms with E-state index in [1.165, 1.54) is 11.3 Å². The van der Waals surface area contributed by atoms with Crippen molar-refractivity contribution in [3.05, 3.63) is 21.3 Å². The summed E-state index contributed by atoms with van der Waals surface area (Å²) in [7, 11) is 0. The molecular formula is C11H15ClN2O3S. The quantitative estimate of drug-likeness (QED) is 0.751. The lowest BCUT2D eigenvalue weighted by Gasteiger charge is -2.12. The lowest BCUT2D eigenvalue weighted by atomic mass is 10.2. The van der Waals surface area contributed by atoms with Gasteiger partial charge in [0.05, 0.1) is 4.34 Å². The van der Waals surface area contributed by atoms with E-state index in [0.717, 1.165) is 4.88 Å². The Balaban J connectivity index is 2.26. The monoisotopic (exact) mass is 290 g/mol. The second-order valence-corrected chi connectivity index (χ2v) is 5.45. The minimum atomic E-state index is -1.03. The zero-order chi connectivity index (χ0) is 13.5. The van der Waals surface area contributed by atoms with Crippen molar-refractivity contribution in [3.8, 4) is 0 Å². The molecule has 18 heavy (non-hydrogen) atoms. The molecular weight excluding hydrogens is 276 g/mol. The van der Waals surface area contributed by atoms with Crippen molar-refractivity contribution in [2.45, 2.75) is 25.8 Å². The van der Waals surface area contributed by atoms with Crippen molar-refractivity contribution in [1.29, 1.82) is 0 Å². The van der Waals surface area contributed by atoms with E-state index >= 15 is 0 Å². The molecule has 0 aliphatic carbocycles. The van der Waals surface area contributed by atoms with Gasteiger partial charge in [0.25, 0.3) is 0 Å². The van der Waals surface area contributed by atoms with Crippen molar-refractivity contribution in [2.75, 3.05) is 6.54 Å². The van der Waals surface area contributed by atoms with Gasteiger partial charge in [-0.05, 0) is 25.0 Å². The highest BCUT2D eigenvalue weighted by Crippen LogP contribution is 2.21. The topological polar surface area (TPSA) is 78.4 Å². The van der Waals surface area contributed by atoms with Gasteiger partial charge in [-0.3, -0.25) is 0 Å². The van der Waals surface area contributed by atoms with Gasteiger partial charge in [-0.1, -0.05) is 18.5 Å². The molecule has 0 spiro atoms. The third kappa shape index (κ3) is 4.93. The van der Waals surface area contributed by atoms with Gasteiger partial charge in [-0.2, -0.15) is 0 Å². The Labute approximate surface area is 114 Å². The molecule has 100 valence electrons.